The molecule has 1 N–H and O–H groups in total. The Morgan fingerprint density at radius 3 is 2.84 bits per heavy atom. The molecule has 1 atom stereocenters. The number of piperidine rings is 1. The summed E-state index contributed by atoms with van der Waals surface area (Å²) in [5.74, 6) is 0.275. The predicted molar refractivity (Wildman–Crippen MR) is 77.9 cm³/mol. The number of hydrogen-bond acceptors (Lipinski definition) is 3. The zero-order valence-electron chi connectivity index (χ0n) is 11.6. The van der Waals surface area contributed by atoms with Crippen molar-refractivity contribution < 1.29 is 4.79 Å². The summed E-state index contributed by atoms with van der Waals surface area (Å²) in [6.45, 7) is 5.19. The van der Waals surface area contributed by atoms with E-state index in [-0.39, 0.29) is 11.8 Å². The van der Waals surface area contributed by atoms with Crippen molar-refractivity contribution in [2.24, 2.45) is 0 Å². The largest absolute Gasteiger partial charge is 0.384 e. The smallest absolute Gasteiger partial charge is 0.179 e. The number of ketones is 1. The fraction of sp³-hybridized carbons (Fsp3) is 0.562. The van der Waals surface area contributed by atoms with E-state index in [1.54, 1.807) is 0 Å². The summed E-state index contributed by atoms with van der Waals surface area (Å²) in [4.78, 5) is 14.9. The number of anilines is 1. The lowest BCUT2D eigenvalue weighted by Gasteiger charge is -2.31. The molecule has 1 unspecified atom stereocenters. The van der Waals surface area contributed by atoms with E-state index in [9.17, 15) is 4.79 Å². The second-order valence-electron chi connectivity index (χ2n) is 5.69. The highest BCUT2D eigenvalue weighted by Gasteiger charge is 2.24. The number of carbonyl (C=O) groups excluding carboxylic acids is 1. The molecule has 1 fully saturated rings. The zero-order valence-corrected chi connectivity index (χ0v) is 11.6. The molecule has 0 saturated carbocycles. The highest BCUT2D eigenvalue weighted by molar-refractivity contribution is 6.00. The lowest BCUT2D eigenvalue weighted by atomic mass is 9.99. The van der Waals surface area contributed by atoms with Crippen molar-refractivity contribution >= 4 is 11.5 Å². The first-order valence-electron chi connectivity index (χ1n) is 7.41. The van der Waals surface area contributed by atoms with Gasteiger partial charge in [-0.25, -0.2) is 0 Å². The van der Waals surface area contributed by atoms with Crippen LogP contribution in [0.5, 0.6) is 0 Å². The average molecular weight is 258 g/mol. The Morgan fingerprint density at radius 1 is 1.26 bits per heavy atom. The maximum absolute atomic E-state index is 12.6. The highest BCUT2D eigenvalue weighted by atomic mass is 16.1. The molecule has 3 rings (SSSR count). The van der Waals surface area contributed by atoms with Crippen LogP contribution in [0, 0.1) is 0 Å². The van der Waals surface area contributed by atoms with Crippen LogP contribution in [0.2, 0.25) is 0 Å². The van der Waals surface area contributed by atoms with Gasteiger partial charge in [-0.3, -0.25) is 9.69 Å². The molecule has 19 heavy (non-hydrogen) atoms. The first-order valence-corrected chi connectivity index (χ1v) is 7.41. The zero-order chi connectivity index (χ0) is 13.2. The highest BCUT2D eigenvalue weighted by Crippen LogP contribution is 2.24. The third-order valence-electron chi connectivity index (χ3n) is 4.42. The molecule has 1 saturated heterocycles. The monoisotopic (exact) mass is 258 g/mol. The fourth-order valence-corrected chi connectivity index (χ4v) is 3.17. The van der Waals surface area contributed by atoms with Crippen molar-refractivity contribution in [1.82, 2.24) is 4.90 Å². The summed E-state index contributed by atoms with van der Waals surface area (Å²) in [7, 11) is 0. The number of hydrogen-bond donors (Lipinski definition) is 1. The number of benzene rings is 1. The number of fused-ring (bicyclic) bond motifs is 1. The van der Waals surface area contributed by atoms with E-state index in [1.807, 2.05) is 6.07 Å². The molecule has 2 aliphatic heterocycles. The van der Waals surface area contributed by atoms with Gasteiger partial charge in [0.25, 0.3) is 0 Å². The van der Waals surface area contributed by atoms with Gasteiger partial charge in [0.1, 0.15) is 0 Å². The van der Waals surface area contributed by atoms with Gasteiger partial charge in [-0.2, -0.15) is 0 Å². The first kappa shape index (κ1) is 12.7. The van der Waals surface area contributed by atoms with Gasteiger partial charge >= 0.3 is 0 Å². The van der Waals surface area contributed by atoms with Gasteiger partial charge < -0.3 is 5.32 Å². The van der Waals surface area contributed by atoms with Crippen LogP contribution in [0.1, 0.15) is 42.1 Å². The van der Waals surface area contributed by atoms with Crippen molar-refractivity contribution in [2.45, 2.75) is 38.6 Å². The Balaban J connectivity index is 1.75. The topological polar surface area (TPSA) is 32.3 Å². The van der Waals surface area contributed by atoms with Gasteiger partial charge in [-0.1, -0.05) is 6.42 Å². The number of carbonyl (C=O) groups is 1. The third-order valence-corrected chi connectivity index (χ3v) is 4.42. The minimum atomic E-state index is 0.0210. The van der Waals surface area contributed by atoms with Gasteiger partial charge in [0.15, 0.2) is 5.78 Å². The van der Waals surface area contributed by atoms with Gasteiger partial charge in [0.2, 0.25) is 0 Å². The van der Waals surface area contributed by atoms with Crippen molar-refractivity contribution in [1.29, 1.82) is 0 Å². The Kier molecular flexibility index (Phi) is 3.56. The van der Waals surface area contributed by atoms with E-state index < -0.39 is 0 Å². The van der Waals surface area contributed by atoms with Crippen LogP contribution in [-0.2, 0) is 6.42 Å². The van der Waals surface area contributed by atoms with Crippen LogP contribution in [0.4, 0.5) is 5.69 Å². The van der Waals surface area contributed by atoms with Crippen molar-refractivity contribution in [2.75, 3.05) is 25.0 Å². The average Bonchev–Trinajstić information content (AvgIpc) is 2.94. The summed E-state index contributed by atoms with van der Waals surface area (Å²) in [6, 6.07) is 6.13. The summed E-state index contributed by atoms with van der Waals surface area (Å²) in [5, 5.41) is 3.34. The normalized spacial score (nSPS) is 20.7. The van der Waals surface area contributed by atoms with Crippen LogP contribution in [-0.4, -0.2) is 36.4 Å². The number of nitrogens with one attached hydrogen (secondary N) is 1. The summed E-state index contributed by atoms with van der Waals surface area (Å²) < 4.78 is 0. The van der Waals surface area contributed by atoms with Gasteiger partial charge in [-0.05, 0) is 63.0 Å². The summed E-state index contributed by atoms with van der Waals surface area (Å²) in [5.41, 5.74) is 3.36. The van der Waals surface area contributed by atoms with Crippen molar-refractivity contribution in [3.05, 3.63) is 29.3 Å². The lowest BCUT2D eigenvalue weighted by Crippen LogP contribution is -2.42. The molecule has 0 aromatic heterocycles. The van der Waals surface area contributed by atoms with E-state index in [4.69, 9.17) is 0 Å². The number of likely N-dealkylation sites (tertiary alicyclic amines) is 1. The third kappa shape index (κ3) is 2.52. The van der Waals surface area contributed by atoms with Crippen LogP contribution >= 0.6 is 0 Å². The van der Waals surface area contributed by atoms with E-state index in [0.29, 0.717) is 0 Å². The number of nitrogens with zero attached hydrogens (tertiary/aromatic N) is 1. The van der Waals surface area contributed by atoms with Gasteiger partial charge in [0.05, 0.1) is 6.04 Å². The van der Waals surface area contributed by atoms with Crippen LogP contribution < -0.4 is 5.32 Å². The molecule has 1 aromatic rings. The molecule has 3 nitrogen and oxygen atoms in total. The molecule has 0 spiro atoms. The van der Waals surface area contributed by atoms with Gasteiger partial charge in [-0.15, -0.1) is 0 Å². The van der Waals surface area contributed by atoms with Crippen LogP contribution in [0.3, 0.4) is 0 Å². The molecule has 0 radical (unpaired) electrons. The number of Topliss-reactive ketones (excluding diaryl/α,β-unsaturated/α-hetero) is 1. The Morgan fingerprint density at radius 2 is 2.05 bits per heavy atom. The molecule has 102 valence electrons. The first-order chi connectivity index (χ1) is 9.25. The van der Waals surface area contributed by atoms with E-state index in [2.05, 4.69) is 29.3 Å². The maximum Gasteiger partial charge on any atom is 0.179 e. The molecule has 0 aliphatic carbocycles. The molecule has 0 bridgehead atoms. The molecule has 0 amide bonds. The molecular weight excluding hydrogens is 236 g/mol. The van der Waals surface area contributed by atoms with Crippen molar-refractivity contribution in [3.8, 4) is 0 Å². The van der Waals surface area contributed by atoms with Gasteiger partial charge in [0, 0.05) is 17.8 Å². The SMILES string of the molecule is CC(C(=O)c1ccc2c(c1)CCN2)N1CCCCC1. The van der Waals surface area contributed by atoms with E-state index in [1.165, 1.54) is 30.5 Å². The quantitative estimate of drug-likeness (QED) is 0.846. The standard InChI is InChI=1S/C16H22N2O/c1-12(18-9-3-2-4-10-18)16(19)14-5-6-15-13(11-14)7-8-17-15/h5-6,11-12,17H,2-4,7-10H2,1H3. The molecule has 3 heteroatoms. The minimum Gasteiger partial charge on any atom is -0.384 e. The minimum absolute atomic E-state index is 0.0210. The maximum atomic E-state index is 12.6. The lowest BCUT2D eigenvalue weighted by molar-refractivity contribution is 0.0809. The second-order valence-corrected chi connectivity index (χ2v) is 5.69. The predicted octanol–water partition coefficient (Wildman–Crippen LogP) is 2.71. The van der Waals surface area contributed by atoms with E-state index >= 15 is 0 Å². The summed E-state index contributed by atoms with van der Waals surface area (Å²) in [6.07, 6.45) is 4.80. The van der Waals surface area contributed by atoms with E-state index in [0.717, 1.165) is 31.6 Å². The van der Waals surface area contributed by atoms with Crippen molar-refractivity contribution in [3.63, 3.8) is 0 Å². The van der Waals surface area contributed by atoms with Crippen LogP contribution in [0.15, 0.2) is 18.2 Å². The Bertz CT molecular complexity index is 478. The molecule has 1 aromatic carbocycles. The molecule has 2 aliphatic rings. The second kappa shape index (κ2) is 5.33. The molecule has 2 heterocycles. The fourth-order valence-electron chi connectivity index (χ4n) is 3.17. The Labute approximate surface area is 115 Å². The summed E-state index contributed by atoms with van der Waals surface area (Å²) >= 11 is 0. The van der Waals surface area contributed by atoms with Crippen LogP contribution in [0.25, 0.3) is 0 Å². The Hall–Kier alpha value is -1.35. The molecular formula is C16H22N2O. The number of rotatable bonds is 3.